The van der Waals surface area contributed by atoms with E-state index in [0.717, 1.165) is 5.96 Å². The number of aryl methyl sites for hydroxylation is 1. The molecule has 6 heteroatoms. The van der Waals surface area contributed by atoms with E-state index in [1.807, 2.05) is 6.07 Å². The molecule has 1 heterocycles. The van der Waals surface area contributed by atoms with Crippen LogP contribution in [0.4, 0.5) is 0 Å². The molecule has 0 saturated carbocycles. The number of hydrogen-bond acceptors (Lipinski definition) is 4. The van der Waals surface area contributed by atoms with Crippen molar-refractivity contribution < 1.29 is 4.52 Å². The molecule has 118 valence electrons. The SMILES string of the molecule is CN=C(NCc1noc(C)n1)NC(C)C(C)c1ccccc1. The number of benzene rings is 1. The fourth-order valence-electron chi connectivity index (χ4n) is 2.16. The molecule has 0 radical (unpaired) electrons. The number of nitrogens with zero attached hydrogens (tertiary/aromatic N) is 3. The highest BCUT2D eigenvalue weighted by Crippen LogP contribution is 2.18. The van der Waals surface area contributed by atoms with Crippen molar-refractivity contribution >= 4 is 5.96 Å². The molecular formula is C16H23N5O. The van der Waals surface area contributed by atoms with Crippen LogP contribution in [0.1, 0.15) is 37.0 Å². The van der Waals surface area contributed by atoms with E-state index in [4.69, 9.17) is 4.52 Å². The molecular weight excluding hydrogens is 278 g/mol. The van der Waals surface area contributed by atoms with Crippen molar-refractivity contribution in [1.29, 1.82) is 0 Å². The van der Waals surface area contributed by atoms with Crippen LogP contribution in [0.5, 0.6) is 0 Å². The van der Waals surface area contributed by atoms with E-state index in [1.54, 1.807) is 14.0 Å². The molecule has 2 rings (SSSR count). The van der Waals surface area contributed by atoms with Crippen molar-refractivity contribution in [2.75, 3.05) is 7.05 Å². The Morgan fingerprint density at radius 1 is 1.27 bits per heavy atom. The lowest BCUT2D eigenvalue weighted by Crippen LogP contribution is -2.44. The zero-order valence-corrected chi connectivity index (χ0v) is 13.5. The Hall–Kier alpha value is -2.37. The zero-order chi connectivity index (χ0) is 15.9. The van der Waals surface area contributed by atoms with Crippen LogP contribution >= 0.6 is 0 Å². The Balaban J connectivity index is 1.89. The Labute approximate surface area is 131 Å². The molecule has 0 fully saturated rings. The molecule has 2 unspecified atom stereocenters. The molecule has 2 N–H and O–H groups in total. The third-order valence-corrected chi connectivity index (χ3v) is 3.65. The van der Waals surface area contributed by atoms with Gasteiger partial charge in [-0.15, -0.1) is 0 Å². The van der Waals surface area contributed by atoms with Gasteiger partial charge in [-0.3, -0.25) is 4.99 Å². The molecule has 0 spiro atoms. The van der Waals surface area contributed by atoms with Crippen molar-refractivity contribution in [3.63, 3.8) is 0 Å². The minimum absolute atomic E-state index is 0.237. The van der Waals surface area contributed by atoms with E-state index in [-0.39, 0.29) is 6.04 Å². The first-order valence-electron chi connectivity index (χ1n) is 7.41. The molecule has 6 nitrogen and oxygen atoms in total. The van der Waals surface area contributed by atoms with Crippen molar-refractivity contribution in [2.24, 2.45) is 4.99 Å². The maximum absolute atomic E-state index is 4.95. The Morgan fingerprint density at radius 2 is 2.00 bits per heavy atom. The van der Waals surface area contributed by atoms with Gasteiger partial charge in [0.25, 0.3) is 0 Å². The van der Waals surface area contributed by atoms with Crippen LogP contribution in [-0.2, 0) is 6.54 Å². The molecule has 2 atom stereocenters. The van der Waals surface area contributed by atoms with Gasteiger partial charge in [-0.1, -0.05) is 42.4 Å². The second-order valence-electron chi connectivity index (χ2n) is 5.29. The summed E-state index contributed by atoms with van der Waals surface area (Å²) in [7, 11) is 1.75. The monoisotopic (exact) mass is 301 g/mol. The third-order valence-electron chi connectivity index (χ3n) is 3.65. The lowest BCUT2D eigenvalue weighted by Gasteiger charge is -2.23. The van der Waals surface area contributed by atoms with E-state index < -0.39 is 0 Å². The summed E-state index contributed by atoms with van der Waals surface area (Å²) in [5, 5.41) is 10.4. The average molecular weight is 301 g/mol. The van der Waals surface area contributed by atoms with Crippen LogP contribution in [0.15, 0.2) is 39.8 Å². The predicted molar refractivity (Wildman–Crippen MR) is 86.7 cm³/mol. The summed E-state index contributed by atoms with van der Waals surface area (Å²) in [6, 6.07) is 10.7. The normalized spacial score (nSPS) is 14.5. The van der Waals surface area contributed by atoms with Gasteiger partial charge < -0.3 is 15.2 Å². The van der Waals surface area contributed by atoms with Crippen LogP contribution < -0.4 is 10.6 Å². The number of aliphatic imine (C=N–C) groups is 1. The number of aromatic nitrogens is 2. The van der Waals surface area contributed by atoms with Crippen LogP contribution in [0.25, 0.3) is 0 Å². The Morgan fingerprint density at radius 3 is 2.59 bits per heavy atom. The highest BCUT2D eigenvalue weighted by Gasteiger charge is 2.15. The summed E-state index contributed by atoms with van der Waals surface area (Å²) in [6.07, 6.45) is 0. The van der Waals surface area contributed by atoms with Crippen molar-refractivity contribution in [3.05, 3.63) is 47.6 Å². The molecule has 22 heavy (non-hydrogen) atoms. The topological polar surface area (TPSA) is 75.3 Å². The van der Waals surface area contributed by atoms with Crippen molar-refractivity contribution in [3.8, 4) is 0 Å². The summed E-state index contributed by atoms with van der Waals surface area (Å²) in [4.78, 5) is 8.39. The minimum atomic E-state index is 0.237. The Bertz CT molecular complexity index is 608. The van der Waals surface area contributed by atoms with E-state index in [9.17, 15) is 0 Å². The Kier molecular flexibility index (Phi) is 5.52. The fraction of sp³-hybridized carbons (Fsp3) is 0.438. The molecule has 0 saturated heterocycles. The smallest absolute Gasteiger partial charge is 0.223 e. The second kappa shape index (κ2) is 7.59. The van der Waals surface area contributed by atoms with Gasteiger partial charge in [-0.25, -0.2) is 0 Å². The maximum Gasteiger partial charge on any atom is 0.223 e. The summed E-state index contributed by atoms with van der Waals surface area (Å²) in [6.45, 7) is 6.59. The van der Waals surface area contributed by atoms with E-state index in [0.29, 0.717) is 24.2 Å². The standard InChI is InChI=1S/C16H23N5O/c1-11(14-8-6-5-7-9-14)12(2)19-16(17-4)18-10-15-20-13(3)22-21-15/h5-9,11-12H,10H2,1-4H3,(H2,17,18,19). The first kappa shape index (κ1) is 16.0. The minimum Gasteiger partial charge on any atom is -0.353 e. The molecule has 0 aliphatic rings. The lowest BCUT2D eigenvalue weighted by atomic mass is 9.94. The zero-order valence-electron chi connectivity index (χ0n) is 13.5. The molecule has 0 aliphatic heterocycles. The molecule has 2 aromatic rings. The van der Waals surface area contributed by atoms with Gasteiger partial charge in [0, 0.05) is 25.9 Å². The summed E-state index contributed by atoms with van der Waals surface area (Å²) in [5.41, 5.74) is 1.30. The van der Waals surface area contributed by atoms with Gasteiger partial charge in [-0.2, -0.15) is 4.98 Å². The van der Waals surface area contributed by atoms with Crippen LogP contribution in [0.3, 0.4) is 0 Å². The molecule has 1 aromatic carbocycles. The van der Waals surface area contributed by atoms with Gasteiger partial charge >= 0.3 is 0 Å². The van der Waals surface area contributed by atoms with Crippen LogP contribution in [0, 0.1) is 6.92 Å². The molecule has 1 aromatic heterocycles. The van der Waals surface area contributed by atoms with Gasteiger partial charge in [0.05, 0.1) is 6.54 Å². The quantitative estimate of drug-likeness (QED) is 0.654. The lowest BCUT2D eigenvalue weighted by molar-refractivity contribution is 0.386. The number of rotatable bonds is 5. The maximum atomic E-state index is 4.95. The van der Waals surface area contributed by atoms with E-state index in [1.165, 1.54) is 5.56 Å². The number of guanidine groups is 1. The predicted octanol–water partition coefficient (Wildman–Crippen LogP) is 2.24. The van der Waals surface area contributed by atoms with Crippen LogP contribution in [-0.4, -0.2) is 29.2 Å². The van der Waals surface area contributed by atoms with Crippen molar-refractivity contribution in [1.82, 2.24) is 20.8 Å². The van der Waals surface area contributed by atoms with Gasteiger partial charge in [0.1, 0.15) is 0 Å². The third kappa shape index (κ3) is 4.31. The highest BCUT2D eigenvalue weighted by molar-refractivity contribution is 5.79. The van der Waals surface area contributed by atoms with Gasteiger partial charge in [0.2, 0.25) is 5.89 Å². The number of hydrogen-bond donors (Lipinski definition) is 2. The average Bonchev–Trinajstić information content (AvgIpc) is 2.96. The first-order chi connectivity index (χ1) is 10.6. The summed E-state index contributed by atoms with van der Waals surface area (Å²) < 4.78 is 4.95. The number of nitrogens with one attached hydrogen (secondary N) is 2. The van der Waals surface area contributed by atoms with Crippen LogP contribution in [0.2, 0.25) is 0 Å². The largest absolute Gasteiger partial charge is 0.353 e. The summed E-state index contributed by atoms with van der Waals surface area (Å²) >= 11 is 0. The fourth-order valence-corrected chi connectivity index (χ4v) is 2.16. The molecule has 0 amide bonds. The molecule has 0 bridgehead atoms. The van der Waals surface area contributed by atoms with E-state index >= 15 is 0 Å². The first-order valence-corrected chi connectivity index (χ1v) is 7.41. The van der Waals surface area contributed by atoms with Crippen molar-refractivity contribution in [2.45, 2.75) is 39.3 Å². The summed E-state index contributed by atoms with van der Waals surface area (Å²) in [5.74, 6) is 2.26. The van der Waals surface area contributed by atoms with Gasteiger partial charge in [-0.05, 0) is 12.5 Å². The van der Waals surface area contributed by atoms with Gasteiger partial charge in [0.15, 0.2) is 11.8 Å². The van der Waals surface area contributed by atoms with E-state index in [2.05, 4.69) is 63.9 Å². The highest BCUT2D eigenvalue weighted by atomic mass is 16.5. The molecule has 0 aliphatic carbocycles. The second-order valence-corrected chi connectivity index (χ2v) is 5.29.